The molecule has 190 valence electrons. The van der Waals surface area contributed by atoms with E-state index >= 15 is 0 Å². The van der Waals surface area contributed by atoms with E-state index in [-0.39, 0.29) is 17.9 Å². The molecule has 3 heterocycles. The fourth-order valence-electron chi connectivity index (χ4n) is 3.92. The molecule has 0 fully saturated rings. The first-order valence-corrected chi connectivity index (χ1v) is 12.7. The molecule has 9 nitrogen and oxygen atoms in total. The Hall–Kier alpha value is -4.70. The highest BCUT2D eigenvalue weighted by molar-refractivity contribution is 7.22. The standard InChI is InChI=1S/C28H24N6O3S/c1-16(2)31-25(35)18-10-8-17(9-11-18)22-12-13-23-27(32-22)38-28(33-23)34-26(36)21-15-30-29-14-20(21)19-6-4-5-7-24(19)37-3/h4-16H,1-3H3,(H,31,35)(H,33,34,36). The van der Waals surface area contributed by atoms with Crippen LogP contribution in [0.25, 0.3) is 32.7 Å². The van der Waals surface area contributed by atoms with Gasteiger partial charge < -0.3 is 10.1 Å². The van der Waals surface area contributed by atoms with Crippen molar-refractivity contribution < 1.29 is 14.3 Å². The Morgan fingerprint density at radius 1 is 0.868 bits per heavy atom. The third-order valence-electron chi connectivity index (χ3n) is 5.71. The van der Waals surface area contributed by atoms with Crippen molar-refractivity contribution in [3.63, 3.8) is 0 Å². The van der Waals surface area contributed by atoms with Gasteiger partial charge in [0.2, 0.25) is 0 Å². The highest BCUT2D eigenvalue weighted by Gasteiger charge is 2.18. The largest absolute Gasteiger partial charge is 0.496 e. The van der Waals surface area contributed by atoms with Gasteiger partial charge in [0.1, 0.15) is 16.1 Å². The Bertz CT molecular complexity index is 1630. The molecule has 0 aliphatic heterocycles. The number of thiazole rings is 1. The van der Waals surface area contributed by atoms with Crippen molar-refractivity contribution in [1.29, 1.82) is 0 Å². The molecule has 0 saturated carbocycles. The van der Waals surface area contributed by atoms with Crippen LogP contribution in [0.1, 0.15) is 34.6 Å². The molecule has 0 saturated heterocycles. The Morgan fingerprint density at radius 3 is 2.39 bits per heavy atom. The first-order valence-electron chi connectivity index (χ1n) is 11.9. The van der Waals surface area contributed by atoms with Crippen molar-refractivity contribution in [3.8, 4) is 28.1 Å². The SMILES string of the molecule is COc1ccccc1-c1cnncc1C(=O)Nc1nc2ccc(-c3ccc(C(=O)NC(C)C)cc3)nc2s1. The van der Waals surface area contributed by atoms with E-state index in [9.17, 15) is 9.59 Å². The molecule has 0 aliphatic carbocycles. The predicted octanol–water partition coefficient (Wildman–Crippen LogP) is 5.21. The van der Waals surface area contributed by atoms with Gasteiger partial charge in [-0.2, -0.15) is 10.2 Å². The molecule has 0 aliphatic rings. The van der Waals surface area contributed by atoms with E-state index in [0.29, 0.717) is 37.9 Å². The maximum Gasteiger partial charge on any atom is 0.259 e. The van der Waals surface area contributed by atoms with Gasteiger partial charge in [0.05, 0.1) is 30.8 Å². The topological polar surface area (TPSA) is 119 Å². The molecule has 3 aromatic heterocycles. The van der Waals surface area contributed by atoms with Gasteiger partial charge in [-0.15, -0.1) is 0 Å². The number of para-hydroxylation sites is 1. The van der Waals surface area contributed by atoms with Gasteiger partial charge >= 0.3 is 0 Å². The summed E-state index contributed by atoms with van der Waals surface area (Å²) < 4.78 is 5.46. The van der Waals surface area contributed by atoms with Crippen molar-refractivity contribution in [2.45, 2.75) is 19.9 Å². The Kier molecular flexibility index (Phi) is 7.05. The molecular weight excluding hydrogens is 500 g/mol. The van der Waals surface area contributed by atoms with E-state index in [1.54, 1.807) is 19.2 Å². The van der Waals surface area contributed by atoms with Crippen molar-refractivity contribution in [1.82, 2.24) is 25.5 Å². The van der Waals surface area contributed by atoms with Gasteiger partial charge in [0.15, 0.2) is 5.13 Å². The van der Waals surface area contributed by atoms with E-state index in [2.05, 4.69) is 25.8 Å². The first-order chi connectivity index (χ1) is 18.4. The third kappa shape index (κ3) is 5.21. The number of hydrogen-bond acceptors (Lipinski definition) is 8. The van der Waals surface area contributed by atoms with E-state index in [1.807, 2.05) is 62.4 Å². The molecular formula is C28H24N6O3S. The van der Waals surface area contributed by atoms with E-state index in [4.69, 9.17) is 9.72 Å². The Labute approximate surface area is 222 Å². The summed E-state index contributed by atoms with van der Waals surface area (Å²) >= 11 is 1.27. The van der Waals surface area contributed by atoms with Crippen LogP contribution in [-0.2, 0) is 0 Å². The van der Waals surface area contributed by atoms with Gasteiger partial charge in [-0.05, 0) is 44.2 Å². The van der Waals surface area contributed by atoms with Crippen molar-refractivity contribution >= 4 is 38.6 Å². The minimum atomic E-state index is -0.365. The van der Waals surface area contributed by atoms with Gasteiger partial charge in [-0.1, -0.05) is 41.7 Å². The number of nitrogens with one attached hydrogen (secondary N) is 2. The third-order valence-corrected chi connectivity index (χ3v) is 6.59. The maximum absolute atomic E-state index is 13.2. The lowest BCUT2D eigenvalue weighted by molar-refractivity contribution is 0.0942. The molecule has 2 N–H and O–H groups in total. The number of rotatable bonds is 7. The first kappa shape index (κ1) is 25.0. The number of methoxy groups -OCH3 is 1. The second-order valence-electron chi connectivity index (χ2n) is 8.72. The molecule has 0 atom stereocenters. The summed E-state index contributed by atoms with van der Waals surface area (Å²) in [6.07, 6.45) is 2.96. The maximum atomic E-state index is 13.2. The Balaban J connectivity index is 1.38. The normalized spacial score (nSPS) is 10.9. The molecule has 2 aromatic carbocycles. The van der Waals surface area contributed by atoms with Crippen LogP contribution in [0.2, 0.25) is 0 Å². The van der Waals surface area contributed by atoms with Crippen LogP contribution < -0.4 is 15.4 Å². The number of pyridine rings is 1. The number of carbonyl (C=O) groups excluding carboxylic acids is 2. The van der Waals surface area contributed by atoms with E-state index in [0.717, 1.165) is 16.8 Å². The van der Waals surface area contributed by atoms with Crippen LogP contribution >= 0.6 is 11.3 Å². The number of ether oxygens (including phenoxy) is 1. The number of amides is 2. The summed E-state index contributed by atoms with van der Waals surface area (Å²) in [5, 5.41) is 14.0. The number of benzene rings is 2. The number of hydrogen-bond donors (Lipinski definition) is 2. The number of fused-ring (bicyclic) bond motifs is 1. The zero-order chi connectivity index (χ0) is 26.6. The van der Waals surface area contributed by atoms with Crippen molar-refractivity contribution in [2.75, 3.05) is 12.4 Å². The minimum absolute atomic E-state index is 0.0647. The lowest BCUT2D eigenvalue weighted by Gasteiger charge is -2.11. The van der Waals surface area contributed by atoms with E-state index in [1.165, 1.54) is 23.7 Å². The molecule has 5 aromatic rings. The number of anilines is 1. The van der Waals surface area contributed by atoms with Crippen molar-refractivity contribution in [3.05, 3.63) is 84.2 Å². The zero-order valence-corrected chi connectivity index (χ0v) is 21.7. The molecule has 0 bridgehead atoms. The smallest absolute Gasteiger partial charge is 0.259 e. The van der Waals surface area contributed by atoms with Gasteiger partial charge in [0.25, 0.3) is 11.8 Å². The van der Waals surface area contributed by atoms with Crippen LogP contribution in [-0.4, -0.2) is 45.1 Å². The molecule has 0 unspecified atom stereocenters. The number of carbonyl (C=O) groups is 2. The predicted molar refractivity (Wildman–Crippen MR) is 147 cm³/mol. The molecule has 38 heavy (non-hydrogen) atoms. The van der Waals surface area contributed by atoms with Gasteiger partial charge in [-0.3, -0.25) is 14.9 Å². The lowest BCUT2D eigenvalue weighted by Crippen LogP contribution is -2.29. The minimum Gasteiger partial charge on any atom is -0.496 e. The average molecular weight is 525 g/mol. The van der Waals surface area contributed by atoms with Crippen LogP contribution in [0, 0.1) is 0 Å². The van der Waals surface area contributed by atoms with E-state index < -0.39 is 0 Å². The fourth-order valence-corrected chi connectivity index (χ4v) is 4.75. The number of nitrogens with zero attached hydrogens (tertiary/aromatic N) is 4. The molecule has 2 amide bonds. The molecule has 0 radical (unpaired) electrons. The summed E-state index contributed by atoms with van der Waals surface area (Å²) in [5.74, 6) is 0.145. The molecule has 5 rings (SSSR count). The molecule has 0 spiro atoms. The van der Waals surface area contributed by atoms with Crippen LogP contribution in [0.5, 0.6) is 5.75 Å². The van der Waals surface area contributed by atoms with Crippen LogP contribution in [0.4, 0.5) is 5.13 Å². The molecule has 10 heteroatoms. The van der Waals surface area contributed by atoms with Gasteiger partial charge in [-0.25, -0.2) is 9.97 Å². The summed E-state index contributed by atoms with van der Waals surface area (Å²) in [7, 11) is 1.58. The quantitative estimate of drug-likeness (QED) is 0.300. The highest BCUT2D eigenvalue weighted by Crippen LogP contribution is 2.32. The lowest BCUT2D eigenvalue weighted by atomic mass is 10.0. The van der Waals surface area contributed by atoms with Crippen LogP contribution in [0.3, 0.4) is 0 Å². The van der Waals surface area contributed by atoms with Crippen LogP contribution in [0.15, 0.2) is 73.1 Å². The summed E-state index contributed by atoms with van der Waals surface area (Å²) in [5.41, 5.74) is 4.55. The summed E-state index contributed by atoms with van der Waals surface area (Å²) in [6.45, 7) is 3.84. The summed E-state index contributed by atoms with van der Waals surface area (Å²) in [6, 6.07) is 18.5. The monoisotopic (exact) mass is 524 g/mol. The fraction of sp³-hybridized carbons (Fsp3) is 0.143. The second-order valence-corrected chi connectivity index (χ2v) is 9.69. The highest BCUT2D eigenvalue weighted by atomic mass is 32.1. The summed E-state index contributed by atoms with van der Waals surface area (Å²) in [4.78, 5) is 35.4. The second kappa shape index (κ2) is 10.7. The Morgan fingerprint density at radius 2 is 1.63 bits per heavy atom. The van der Waals surface area contributed by atoms with Crippen molar-refractivity contribution in [2.24, 2.45) is 0 Å². The number of aromatic nitrogens is 4. The average Bonchev–Trinajstić information content (AvgIpc) is 3.34. The van der Waals surface area contributed by atoms with Gasteiger partial charge in [0, 0.05) is 28.3 Å². The zero-order valence-electron chi connectivity index (χ0n) is 20.9.